The quantitative estimate of drug-likeness (QED) is 0.789. The fraction of sp³-hybridized carbons (Fsp3) is 0.500. The Balaban J connectivity index is 1.45. The van der Waals surface area contributed by atoms with Gasteiger partial charge in [0.2, 0.25) is 5.91 Å². The van der Waals surface area contributed by atoms with Gasteiger partial charge in [0.25, 0.3) is 0 Å². The number of amides is 1. The van der Waals surface area contributed by atoms with Crippen LogP contribution in [0.1, 0.15) is 56.0 Å². The molecule has 5 nitrogen and oxygen atoms in total. The van der Waals surface area contributed by atoms with Gasteiger partial charge in [-0.3, -0.25) is 4.79 Å². The second-order valence-electron chi connectivity index (χ2n) is 6.93. The second-order valence-corrected chi connectivity index (χ2v) is 8.24. The molecule has 1 aromatic carbocycles. The largest absolute Gasteiger partial charge is 0.325 e. The van der Waals surface area contributed by atoms with E-state index in [0.29, 0.717) is 23.2 Å². The summed E-state index contributed by atoms with van der Waals surface area (Å²) in [5.74, 6) is 1.15. The van der Waals surface area contributed by atoms with Crippen LogP contribution in [0.4, 0.5) is 10.1 Å². The Morgan fingerprint density at radius 3 is 2.72 bits per heavy atom. The first-order valence-corrected chi connectivity index (χ1v) is 9.59. The van der Waals surface area contributed by atoms with E-state index in [1.807, 2.05) is 6.92 Å². The van der Waals surface area contributed by atoms with E-state index in [1.165, 1.54) is 30.7 Å². The first kappa shape index (κ1) is 16.6. The molecule has 25 heavy (non-hydrogen) atoms. The van der Waals surface area contributed by atoms with Crippen molar-refractivity contribution in [1.82, 2.24) is 14.8 Å². The number of aryl methyl sites for hydroxylation is 1. The first-order valence-electron chi connectivity index (χ1n) is 8.71. The maximum atomic E-state index is 13.6. The van der Waals surface area contributed by atoms with Crippen LogP contribution in [-0.4, -0.2) is 25.9 Å². The maximum absolute atomic E-state index is 13.6. The van der Waals surface area contributed by atoms with E-state index in [2.05, 4.69) is 20.1 Å². The number of carbonyl (C=O) groups is 1. The number of rotatable bonds is 6. The number of nitrogens with one attached hydrogen (secondary N) is 1. The molecule has 0 saturated heterocycles. The fourth-order valence-corrected chi connectivity index (χ4v) is 3.72. The van der Waals surface area contributed by atoms with Gasteiger partial charge in [0.05, 0.1) is 5.25 Å². The predicted octanol–water partition coefficient (Wildman–Crippen LogP) is 4.06. The van der Waals surface area contributed by atoms with Gasteiger partial charge in [-0.15, -0.1) is 10.2 Å². The van der Waals surface area contributed by atoms with E-state index in [4.69, 9.17) is 0 Å². The summed E-state index contributed by atoms with van der Waals surface area (Å²) < 4.78 is 15.9. The standard InChI is InChI=1S/C18H21FN4OS/c1-10-3-6-13(9-15(10)19)20-17(24)11(2)25-18-22-21-16(12-4-5-12)23(18)14-7-8-14/h3,6,9,11-12,14H,4-5,7-8H2,1-2H3,(H,20,24)/t11-/m0/s1. The number of carbonyl (C=O) groups excluding carboxylic acids is 1. The van der Waals surface area contributed by atoms with Gasteiger partial charge in [-0.25, -0.2) is 4.39 Å². The minimum Gasteiger partial charge on any atom is -0.325 e. The molecule has 7 heteroatoms. The number of aromatic nitrogens is 3. The van der Waals surface area contributed by atoms with Crippen LogP contribution >= 0.6 is 11.8 Å². The molecule has 0 unspecified atom stereocenters. The van der Waals surface area contributed by atoms with Crippen LogP contribution in [0.15, 0.2) is 23.4 Å². The molecule has 4 rings (SSSR count). The van der Waals surface area contributed by atoms with Crippen LogP contribution < -0.4 is 5.32 Å². The Morgan fingerprint density at radius 1 is 1.32 bits per heavy atom. The van der Waals surface area contributed by atoms with Crippen molar-refractivity contribution < 1.29 is 9.18 Å². The number of benzene rings is 1. The number of halogens is 1. The highest BCUT2D eigenvalue weighted by Gasteiger charge is 2.37. The van der Waals surface area contributed by atoms with Crippen LogP contribution in [0.25, 0.3) is 0 Å². The van der Waals surface area contributed by atoms with Crippen molar-refractivity contribution in [1.29, 1.82) is 0 Å². The summed E-state index contributed by atoms with van der Waals surface area (Å²) in [6, 6.07) is 5.22. The summed E-state index contributed by atoms with van der Waals surface area (Å²) in [7, 11) is 0. The molecule has 1 heterocycles. The summed E-state index contributed by atoms with van der Waals surface area (Å²) >= 11 is 1.42. The molecule has 1 amide bonds. The van der Waals surface area contributed by atoms with Crippen LogP contribution in [0.5, 0.6) is 0 Å². The third-order valence-corrected chi connectivity index (χ3v) is 5.69. The zero-order chi connectivity index (χ0) is 17.6. The van der Waals surface area contributed by atoms with E-state index in [9.17, 15) is 9.18 Å². The lowest BCUT2D eigenvalue weighted by atomic mass is 10.2. The molecule has 1 N–H and O–H groups in total. The minimum absolute atomic E-state index is 0.161. The van der Waals surface area contributed by atoms with Crippen LogP contribution in [-0.2, 0) is 4.79 Å². The van der Waals surface area contributed by atoms with Crippen molar-refractivity contribution in [2.75, 3.05) is 5.32 Å². The Bertz CT molecular complexity index is 813. The Kier molecular flexibility index (Phi) is 4.27. The Labute approximate surface area is 150 Å². The third-order valence-electron chi connectivity index (χ3n) is 4.64. The van der Waals surface area contributed by atoms with Gasteiger partial charge in [0.15, 0.2) is 5.16 Å². The first-order chi connectivity index (χ1) is 12.0. The summed E-state index contributed by atoms with van der Waals surface area (Å²) in [6.07, 6.45) is 4.69. The highest BCUT2D eigenvalue weighted by molar-refractivity contribution is 8.00. The Hall–Kier alpha value is -1.89. The highest BCUT2D eigenvalue weighted by Crippen LogP contribution is 2.46. The van der Waals surface area contributed by atoms with Gasteiger partial charge in [-0.1, -0.05) is 17.8 Å². The number of anilines is 1. The van der Waals surface area contributed by atoms with E-state index >= 15 is 0 Å². The zero-order valence-corrected chi connectivity index (χ0v) is 15.1. The van der Waals surface area contributed by atoms with Gasteiger partial charge in [-0.05, 0) is 57.2 Å². The molecular formula is C18H21FN4OS. The molecule has 2 aromatic rings. The molecule has 0 bridgehead atoms. The van der Waals surface area contributed by atoms with Crippen LogP contribution in [0, 0.1) is 12.7 Å². The van der Waals surface area contributed by atoms with E-state index in [1.54, 1.807) is 19.1 Å². The molecule has 132 valence electrons. The zero-order valence-electron chi connectivity index (χ0n) is 14.3. The van der Waals surface area contributed by atoms with Crippen molar-refractivity contribution in [3.05, 3.63) is 35.4 Å². The average Bonchev–Trinajstić information content (AvgIpc) is 3.50. The van der Waals surface area contributed by atoms with Gasteiger partial charge < -0.3 is 9.88 Å². The van der Waals surface area contributed by atoms with Crippen molar-refractivity contribution in [2.45, 2.75) is 61.9 Å². The lowest BCUT2D eigenvalue weighted by Gasteiger charge is -2.13. The fourth-order valence-electron chi connectivity index (χ4n) is 2.79. The number of hydrogen-bond acceptors (Lipinski definition) is 4. The smallest absolute Gasteiger partial charge is 0.237 e. The van der Waals surface area contributed by atoms with Gasteiger partial charge in [0.1, 0.15) is 11.6 Å². The van der Waals surface area contributed by atoms with E-state index < -0.39 is 0 Å². The molecule has 2 aliphatic carbocycles. The van der Waals surface area contributed by atoms with Crippen LogP contribution in [0.2, 0.25) is 0 Å². The van der Waals surface area contributed by atoms with Crippen molar-refractivity contribution in [3.8, 4) is 0 Å². The number of hydrogen-bond donors (Lipinski definition) is 1. The SMILES string of the molecule is Cc1ccc(NC(=O)[C@H](C)Sc2nnc(C3CC3)n2C2CC2)cc1F. The monoisotopic (exact) mass is 360 g/mol. The predicted molar refractivity (Wildman–Crippen MR) is 95.4 cm³/mol. The van der Waals surface area contributed by atoms with E-state index in [-0.39, 0.29) is 17.0 Å². The van der Waals surface area contributed by atoms with Gasteiger partial charge >= 0.3 is 0 Å². The summed E-state index contributed by atoms with van der Waals surface area (Å²) in [4.78, 5) is 12.5. The van der Waals surface area contributed by atoms with Gasteiger partial charge in [-0.2, -0.15) is 0 Å². The molecule has 2 fully saturated rings. The van der Waals surface area contributed by atoms with E-state index in [0.717, 1.165) is 23.8 Å². The summed E-state index contributed by atoms with van der Waals surface area (Å²) in [5, 5.41) is 12.0. The maximum Gasteiger partial charge on any atom is 0.237 e. The summed E-state index contributed by atoms with van der Waals surface area (Å²) in [6.45, 7) is 3.54. The molecule has 0 spiro atoms. The average molecular weight is 360 g/mol. The molecule has 0 aliphatic heterocycles. The lowest BCUT2D eigenvalue weighted by Crippen LogP contribution is -2.23. The molecule has 1 atom stereocenters. The molecule has 0 radical (unpaired) electrons. The van der Waals surface area contributed by atoms with Crippen LogP contribution in [0.3, 0.4) is 0 Å². The minimum atomic E-state index is -0.335. The van der Waals surface area contributed by atoms with Crippen molar-refractivity contribution in [2.24, 2.45) is 0 Å². The number of nitrogens with zero attached hydrogens (tertiary/aromatic N) is 3. The van der Waals surface area contributed by atoms with Gasteiger partial charge in [0, 0.05) is 17.6 Å². The second kappa shape index (κ2) is 6.44. The lowest BCUT2D eigenvalue weighted by molar-refractivity contribution is -0.115. The summed E-state index contributed by atoms with van der Waals surface area (Å²) in [5.41, 5.74) is 1.04. The van der Waals surface area contributed by atoms with Crippen molar-refractivity contribution in [3.63, 3.8) is 0 Å². The Morgan fingerprint density at radius 2 is 2.08 bits per heavy atom. The highest BCUT2D eigenvalue weighted by atomic mass is 32.2. The topological polar surface area (TPSA) is 59.8 Å². The molecular weight excluding hydrogens is 339 g/mol. The normalized spacial score (nSPS) is 18.2. The number of thioether (sulfide) groups is 1. The van der Waals surface area contributed by atoms with Crippen molar-refractivity contribution >= 4 is 23.4 Å². The molecule has 2 aliphatic rings. The molecule has 1 aromatic heterocycles. The third kappa shape index (κ3) is 3.56. The molecule has 2 saturated carbocycles.